The molecule has 0 bridgehead atoms. The van der Waals surface area contributed by atoms with Crippen LogP contribution < -0.4 is 0 Å². The average Bonchev–Trinajstić information content (AvgIpc) is 2.21. The number of amides is 1. The molecule has 1 N–H and O–H groups in total. The van der Waals surface area contributed by atoms with Crippen molar-refractivity contribution >= 4 is 6.09 Å². The van der Waals surface area contributed by atoms with Crippen molar-refractivity contribution in [3.63, 3.8) is 0 Å². The number of hydrogen-bond donors (Lipinski definition) is 1. The highest BCUT2D eigenvalue weighted by Gasteiger charge is 2.44. The zero-order valence-corrected chi connectivity index (χ0v) is 14.5. The van der Waals surface area contributed by atoms with Crippen molar-refractivity contribution in [2.24, 2.45) is 11.2 Å². The van der Waals surface area contributed by atoms with Crippen molar-refractivity contribution in [2.45, 2.75) is 65.6 Å². The molecular weight excluding hydrogens is 288 g/mol. The van der Waals surface area contributed by atoms with E-state index in [-0.39, 0.29) is 23.0 Å². The van der Waals surface area contributed by atoms with E-state index in [0.717, 1.165) is 0 Å². The van der Waals surface area contributed by atoms with Crippen molar-refractivity contribution in [3.05, 3.63) is 5.21 Å². The van der Waals surface area contributed by atoms with Crippen LogP contribution >= 0.6 is 0 Å². The van der Waals surface area contributed by atoms with Gasteiger partial charge in [-0.15, -0.1) is 5.01 Å². The standard InChI is InChI=1S/C14H28N4O4/c1-10(17(13(2,3)4)18(21)15-20)11-8-16(9-11)12(19)22-14(5,6)7/h10-11,20H,8-9H2,1-7H3. The lowest BCUT2D eigenvalue weighted by atomic mass is 9.90. The van der Waals surface area contributed by atoms with Gasteiger partial charge >= 0.3 is 6.09 Å². The summed E-state index contributed by atoms with van der Waals surface area (Å²) in [6, 6.07) is -0.174. The van der Waals surface area contributed by atoms with E-state index < -0.39 is 11.1 Å². The summed E-state index contributed by atoms with van der Waals surface area (Å²) >= 11 is 0. The Bertz CT molecular complexity index is 433. The molecule has 8 nitrogen and oxygen atoms in total. The summed E-state index contributed by atoms with van der Waals surface area (Å²) < 4.78 is 5.31. The highest BCUT2D eigenvalue weighted by Crippen LogP contribution is 2.29. The van der Waals surface area contributed by atoms with Gasteiger partial charge in [-0.05, 0) is 48.5 Å². The van der Waals surface area contributed by atoms with Crippen molar-refractivity contribution in [2.75, 3.05) is 13.1 Å². The maximum Gasteiger partial charge on any atom is 0.410 e. The minimum absolute atomic E-state index is 0.116. The van der Waals surface area contributed by atoms with E-state index in [1.54, 1.807) is 4.90 Å². The molecule has 1 heterocycles. The molecule has 0 aromatic rings. The second-order valence-corrected chi connectivity index (χ2v) is 7.74. The molecule has 22 heavy (non-hydrogen) atoms. The number of nitrogens with zero attached hydrogens (tertiary/aromatic N) is 4. The van der Waals surface area contributed by atoms with Crippen LogP contribution in [0, 0.1) is 11.1 Å². The molecule has 1 aliphatic rings. The quantitative estimate of drug-likeness (QED) is 0.491. The Morgan fingerprint density at radius 1 is 1.36 bits per heavy atom. The molecule has 0 saturated carbocycles. The molecule has 0 radical (unpaired) electrons. The predicted molar refractivity (Wildman–Crippen MR) is 80.2 cm³/mol. The van der Waals surface area contributed by atoms with Gasteiger partial charge in [0.2, 0.25) is 5.28 Å². The van der Waals surface area contributed by atoms with E-state index >= 15 is 0 Å². The number of carbonyl (C=O) groups excluding carboxylic acids is 1. The van der Waals surface area contributed by atoms with Crippen LogP contribution in [0.1, 0.15) is 48.5 Å². The van der Waals surface area contributed by atoms with Crippen molar-refractivity contribution in [1.29, 1.82) is 0 Å². The summed E-state index contributed by atoms with van der Waals surface area (Å²) in [5.41, 5.74) is -1.02. The van der Waals surface area contributed by atoms with Crippen LogP contribution in [-0.4, -0.2) is 56.5 Å². The smallest absolute Gasteiger partial charge is 0.410 e. The van der Waals surface area contributed by atoms with Crippen LogP contribution in [0.15, 0.2) is 5.28 Å². The predicted octanol–water partition coefficient (Wildman–Crippen LogP) is 2.61. The molecule has 0 aromatic carbocycles. The van der Waals surface area contributed by atoms with Crippen molar-refractivity contribution in [3.8, 4) is 0 Å². The molecule has 1 saturated heterocycles. The lowest BCUT2D eigenvalue weighted by molar-refractivity contribution is -0.733. The highest BCUT2D eigenvalue weighted by atomic mass is 16.6. The molecule has 1 unspecified atom stereocenters. The summed E-state index contributed by atoms with van der Waals surface area (Å²) in [4.78, 5) is 13.7. The maximum absolute atomic E-state index is 11.9. The fraction of sp³-hybridized carbons (Fsp3) is 0.929. The van der Waals surface area contributed by atoms with Gasteiger partial charge in [0.05, 0.1) is 16.6 Å². The maximum atomic E-state index is 11.9. The third-order valence-electron chi connectivity index (χ3n) is 3.58. The highest BCUT2D eigenvalue weighted by molar-refractivity contribution is 5.69. The molecule has 1 rings (SSSR count). The van der Waals surface area contributed by atoms with Crippen molar-refractivity contribution < 1.29 is 19.7 Å². The Labute approximate surface area is 131 Å². The van der Waals surface area contributed by atoms with E-state index in [1.807, 2.05) is 48.5 Å². The van der Waals surface area contributed by atoms with Gasteiger partial charge in [0.1, 0.15) is 5.60 Å². The summed E-state index contributed by atoms with van der Waals surface area (Å²) in [5.74, 6) is 0.116. The van der Waals surface area contributed by atoms with Gasteiger partial charge in [0.25, 0.3) is 0 Å². The molecule has 128 valence electrons. The first-order valence-corrected chi connectivity index (χ1v) is 7.46. The van der Waals surface area contributed by atoms with Gasteiger partial charge < -0.3 is 20.1 Å². The average molecular weight is 316 g/mol. The number of carbonyl (C=O) groups is 1. The minimum Gasteiger partial charge on any atom is -0.569 e. The Balaban J connectivity index is 2.66. The lowest BCUT2D eigenvalue weighted by Gasteiger charge is -2.46. The molecule has 1 fully saturated rings. The third kappa shape index (κ3) is 4.38. The molecule has 0 aromatic heterocycles. The van der Waals surface area contributed by atoms with Gasteiger partial charge in [-0.2, -0.15) is 0 Å². The molecule has 8 heteroatoms. The van der Waals surface area contributed by atoms with Crippen LogP contribution in [0.25, 0.3) is 0 Å². The SMILES string of the molecule is CC(C1CN(C(=O)OC(C)(C)C)C1)N([N+]([O-])=NO)C(C)(C)C. The third-order valence-corrected chi connectivity index (χ3v) is 3.58. The number of ether oxygens (including phenoxy) is 1. The van der Waals surface area contributed by atoms with Crippen LogP contribution in [0.3, 0.4) is 0 Å². The normalized spacial score (nSPS) is 18.7. The molecule has 1 atom stereocenters. The van der Waals surface area contributed by atoms with E-state index in [9.17, 15) is 10.0 Å². The minimum atomic E-state index is -0.521. The van der Waals surface area contributed by atoms with Crippen LogP contribution in [0.4, 0.5) is 4.79 Å². The van der Waals surface area contributed by atoms with Gasteiger partial charge in [0.15, 0.2) is 0 Å². The topological polar surface area (TPSA) is 91.4 Å². The zero-order valence-electron chi connectivity index (χ0n) is 14.5. The van der Waals surface area contributed by atoms with E-state index in [4.69, 9.17) is 9.94 Å². The fourth-order valence-corrected chi connectivity index (χ4v) is 2.56. The lowest BCUT2D eigenvalue weighted by Crippen LogP contribution is -2.62. The molecule has 0 aliphatic carbocycles. The first kappa shape index (κ1) is 18.3. The van der Waals surface area contributed by atoms with Gasteiger partial charge in [-0.1, -0.05) is 0 Å². The summed E-state index contributed by atoms with van der Waals surface area (Å²) in [6.45, 7) is 14.0. The van der Waals surface area contributed by atoms with E-state index in [2.05, 4.69) is 5.28 Å². The number of rotatable bonds is 3. The summed E-state index contributed by atoms with van der Waals surface area (Å²) in [7, 11) is 0. The van der Waals surface area contributed by atoms with E-state index in [1.165, 1.54) is 5.01 Å². The Morgan fingerprint density at radius 3 is 2.23 bits per heavy atom. The van der Waals surface area contributed by atoms with Crippen LogP contribution in [0.2, 0.25) is 0 Å². The van der Waals surface area contributed by atoms with Crippen LogP contribution in [0.5, 0.6) is 0 Å². The first-order chi connectivity index (χ1) is 9.86. The fourth-order valence-electron chi connectivity index (χ4n) is 2.56. The second kappa shape index (κ2) is 6.18. The molecule has 0 spiro atoms. The zero-order chi connectivity index (χ0) is 17.3. The number of hydrogen-bond acceptors (Lipinski definition) is 4. The Hall–Kier alpha value is -1.73. The van der Waals surface area contributed by atoms with Gasteiger partial charge in [-0.3, -0.25) is 0 Å². The summed E-state index contributed by atoms with van der Waals surface area (Å²) in [6.07, 6.45) is -0.343. The molecule has 1 amide bonds. The number of likely N-dealkylation sites (tertiary alicyclic amines) is 1. The molecule has 1 aliphatic heterocycles. The molecular formula is C14H28N4O4. The largest absolute Gasteiger partial charge is 0.569 e. The monoisotopic (exact) mass is 316 g/mol. The second-order valence-electron chi connectivity index (χ2n) is 7.74. The summed E-state index contributed by atoms with van der Waals surface area (Å²) in [5, 5.41) is 24.7. The van der Waals surface area contributed by atoms with Crippen molar-refractivity contribution in [1.82, 2.24) is 9.91 Å². The van der Waals surface area contributed by atoms with Crippen LogP contribution in [-0.2, 0) is 4.74 Å². The Morgan fingerprint density at radius 2 is 1.86 bits per heavy atom. The Kier molecular flexibility index (Phi) is 5.14. The van der Waals surface area contributed by atoms with Gasteiger partial charge in [-0.25, -0.2) is 4.79 Å². The first-order valence-electron chi connectivity index (χ1n) is 7.46. The van der Waals surface area contributed by atoms with E-state index in [0.29, 0.717) is 13.1 Å². The van der Waals surface area contributed by atoms with Gasteiger partial charge in [0, 0.05) is 19.0 Å². The number of hydrazine groups is 1.